The SMILES string of the molecule is CN[C@H](C(=O)[O-])[C@H]1CNC[C@H]1O. The molecule has 0 spiro atoms. The standard InChI is InChI=1S/C7H14N2O3/c1-8-6(7(11)12)4-2-9-3-5(4)10/h4-6,8-10H,2-3H2,1H3,(H,11,12)/p-1/t4-,5+,6-/m0/s1. The van der Waals surface area contributed by atoms with Crippen molar-refractivity contribution in [1.82, 2.24) is 10.6 Å². The van der Waals surface area contributed by atoms with Crippen molar-refractivity contribution < 1.29 is 15.0 Å². The van der Waals surface area contributed by atoms with Gasteiger partial charge < -0.3 is 25.6 Å². The van der Waals surface area contributed by atoms with Gasteiger partial charge in [-0.1, -0.05) is 0 Å². The molecule has 5 nitrogen and oxygen atoms in total. The molecule has 0 aliphatic carbocycles. The molecule has 1 saturated heterocycles. The van der Waals surface area contributed by atoms with Crippen molar-refractivity contribution in [2.45, 2.75) is 12.1 Å². The highest BCUT2D eigenvalue weighted by Gasteiger charge is 2.32. The first kappa shape index (κ1) is 9.44. The van der Waals surface area contributed by atoms with Crippen LogP contribution >= 0.6 is 0 Å². The van der Waals surface area contributed by atoms with E-state index in [1.165, 1.54) is 0 Å². The second-order valence-electron chi connectivity index (χ2n) is 2.97. The minimum atomic E-state index is -1.16. The Morgan fingerprint density at radius 3 is 2.75 bits per heavy atom. The average molecular weight is 173 g/mol. The van der Waals surface area contributed by atoms with Gasteiger partial charge in [-0.25, -0.2) is 0 Å². The number of carbonyl (C=O) groups is 1. The lowest BCUT2D eigenvalue weighted by Crippen LogP contribution is -2.51. The van der Waals surface area contributed by atoms with Gasteiger partial charge in [-0.3, -0.25) is 0 Å². The quantitative estimate of drug-likeness (QED) is 0.421. The third-order valence-corrected chi connectivity index (χ3v) is 2.22. The molecule has 0 amide bonds. The zero-order chi connectivity index (χ0) is 9.14. The van der Waals surface area contributed by atoms with Crippen molar-refractivity contribution in [2.75, 3.05) is 20.1 Å². The molecule has 0 bridgehead atoms. The van der Waals surface area contributed by atoms with Crippen LogP contribution in [-0.4, -0.2) is 43.4 Å². The molecule has 1 fully saturated rings. The first-order valence-corrected chi connectivity index (χ1v) is 3.93. The monoisotopic (exact) mass is 173 g/mol. The van der Waals surface area contributed by atoms with Gasteiger partial charge >= 0.3 is 0 Å². The normalized spacial score (nSPS) is 31.8. The smallest absolute Gasteiger partial charge is 0.0723 e. The zero-order valence-corrected chi connectivity index (χ0v) is 6.91. The predicted molar refractivity (Wildman–Crippen MR) is 40.2 cm³/mol. The van der Waals surface area contributed by atoms with Crippen LogP contribution in [0.1, 0.15) is 0 Å². The van der Waals surface area contributed by atoms with E-state index in [1.807, 2.05) is 0 Å². The molecule has 70 valence electrons. The first-order valence-electron chi connectivity index (χ1n) is 3.93. The maximum atomic E-state index is 10.6. The largest absolute Gasteiger partial charge is 0.548 e. The number of carboxylic acids is 1. The van der Waals surface area contributed by atoms with Crippen LogP contribution < -0.4 is 15.7 Å². The Kier molecular flexibility index (Phi) is 3.02. The molecule has 0 unspecified atom stereocenters. The summed E-state index contributed by atoms with van der Waals surface area (Å²) in [6.45, 7) is 0.969. The Bertz CT molecular complexity index is 174. The van der Waals surface area contributed by atoms with Gasteiger partial charge in [0, 0.05) is 19.0 Å². The van der Waals surface area contributed by atoms with Crippen LogP contribution in [0, 0.1) is 5.92 Å². The Morgan fingerprint density at radius 2 is 2.42 bits per heavy atom. The van der Waals surface area contributed by atoms with Crippen molar-refractivity contribution in [2.24, 2.45) is 5.92 Å². The second kappa shape index (κ2) is 3.84. The molecule has 1 aliphatic rings. The van der Waals surface area contributed by atoms with E-state index in [4.69, 9.17) is 0 Å². The molecule has 0 radical (unpaired) electrons. The third-order valence-electron chi connectivity index (χ3n) is 2.22. The van der Waals surface area contributed by atoms with E-state index in [9.17, 15) is 15.0 Å². The summed E-state index contributed by atoms with van der Waals surface area (Å²) in [7, 11) is 1.55. The Morgan fingerprint density at radius 1 is 1.75 bits per heavy atom. The van der Waals surface area contributed by atoms with E-state index in [0.29, 0.717) is 13.1 Å². The van der Waals surface area contributed by atoms with E-state index in [1.54, 1.807) is 7.05 Å². The number of carbonyl (C=O) groups excluding carboxylic acids is 1. The lowest BCUT2D eigenvalue weighted by Gasteiger charge is -2.25. The van der Waals surface area contributed by atoms with Crippen LogP contribution in [0.4, 0.5) is 0 Å². The van der Waals surface area contributed by atoms with Crippen molar-refractivity contribution >= 4 is 5.97 Å². The van der Waals surface area contributed by atoms with Crippen LogP contribution in [0.5, 0.6) is 0 Å². The van der Waals surface area contributed by atoms with E-state index in [-0.39, 0.29) is 5.92 Å². The molecule has 1 rings (SSSR count). The Balaban J connectivity index is 2.58. The van der Waals surface area contributed by atoms with Gasteiger partial charge in [-0.05, 0) is 7.05 Å². The second-order valence-corrected chi connectivity index (χ2v) is 2.97. The number of rotatable bonds is 3. The average Bonchev–Trinajstić information content (AvgIpc) is 2.38. The highest BCUT2D eigenvalue weighted by molar-refractivity contribution is 5.71. The van der Waals surface area contributed by atoms with E-state index >= 15 is 0 Å². The molecule has 5 heteroatoms. The molecular weight excluding hydrogens is 160 g/mol. The van der Waals surface area contributed by atoms with Crippen LogP contribution in [-0.2, 0) is 4.79 Å². The van der Waals surface area contributed by atoms with Gasteiger partial charge in [0.25, 0.3) is 0 Å². The number of hydrogen-bond acceptors (Lipinski definition) is 5. The molecule has 3 atom stereocenters. The summed E-state index contributed by atoms with van der Waals surface area (Å²) in [6, 6.07) is -0.769. The topological polar surface area (TPSA) is 84.4 Å². The third kappa shape index (κ3) is 1.74. The summed E-state index contributed by atoms with van der Waals surface area (Å²) in [5.74, 6) is -1.45. The fourth-order valence-electron chi connectivity index (χ4n) is 1.53. The van der Waals surface area contributed by atoms with Crippen molar-refractivity contribution in [1.29, 1.82) is 0 Å². The van der Waals surface area contributed by atoms with Gasteiger partial charge in [0.05, 0.1) is 18.1 Å². The lowest BCUT2D eigenvalue weighted by atomic mass is 9.97. The molecule has 1 heterocycles. The van der Waals surface area contributed by atoms with E-state index < -0.39 is 18.1 Å². The Hall–Kier alpha value is -0.650. The van der Waals surface area contributed by atoms with Crippen molar-refractivity contribution in [3.05, 3.63) is 0 Å². The number of aliphatic carboxylic acids is 1. The van der Waals surface area contributed by atoms with E-state index in [0.717, 1.165) is 0 Å². The predicted octanol–water partition coefficient (Wildman–Crippen LogP) is -3.10. The number of likely N-dealkylation sites (N-methyl/N-ethyl adjacent to an activating group) is 1. The zero-order valence-electron chi connectivity index (χ0n) is 6.91. The summed E-state index contributed by atoms with van der Waals surface area (Å²) in [6.07, 6.45) is -0.597. The fraction of sp³-hybridized carbons (Fsp3) is 0.857. The van der Waals surface area contributed by atoms with Gasteiger partial charge in [0.15, 0.2) is 0 Å². The number of β-amino-alcohol motifs (C(OH)–C–C–N with tert-alkyl or cyclic N) is 1. The maximum absolute atomic E-state index is 10.6. The van der Waals surface area contributed by atoms with Crippen molar-refractivity contribution in [3.8, 4) is 0 Å². The highest BCUT2D eigenvalue weighted by atomic mass is 16.4. The number of nitrogens with one attached hydrogen (secondary N) is 2. The number of hydrogen-bond donors (Lipinski definition) is 3. The molecular formula is C7H13N2O3-. The minimum Gasteiger partial charge on any atom is -0.548 e. The lowest BCUT2D eigenvalue weighted by molar-refractivity contribution is -0.310. The van der Waals surface area contributed by atoms with Crippen LogP contribution in [0.15, 0.2) is 0 Å². The highest BCUT2D eigenvalue weighted by Crippen LogP contribution is 2.12. The first-order chi connectivity index (χ1) is 5.66. The minimum absolute atomic E-state index is 0.292. The van der Waals surface area contributed by atoms with Crippen molar-refractivity contribution in [3.63, 3.8) is 0 Å². The Labute approximate surface area is 70.8 Å². The number of carboxylic acid groups (broad SMARTS) is 1. The van der Waals surface area contributed by atoms with Crippen LogP contribution in [0.2, 0.25) is 0 Å². The maximum Gasteiger partial charge on any atom is 0.0723 e. The molecule has 0 aromatic heterocycles. The molecule has 3 N–H and O–H groups in total. The molecule has 0 aromatic carbocycles. The molecule has 0 aromatic rings. The number of aliphatic hydroxyl groups is 1. The van der Waals surface area contributed by atoms with E-state index in [2.05, 4.69) is 10.6 Å². The number of aliphatic hydroxyl groups excluding tert-OH is 1. The molecule has 12 heavy (non-hydrogen) atoms. The summed E-state index contributed by atoms with van der Waals surface area (Å²) in [5, 5.41) is 25.4. The summed E-state index contributed by atoms with van der Waals surface area (Å²) in [5.41, 5.74) is 0. The summed E-state index contributed by atoms with van der Waals surface area (Å²) >= 11 is 0. The molecule has 1 aliphatic heterocycles. The van der Waals surface area contributed by atoms with Gasteiger partial charge in [-0.2, -0.15) is 0 Å². The fourth-order valence-corrected chi connectivity index (χ4v) is 1.53. The molecule has 0 saturated carbocycles. The summed E-state index contributed by atoms with van der Waals surface area (Å²) in [4.78, 5) is 10.6. The van der Waals surface area contributed by atoms with Crippen LogP contribution in [0.25, 0.3) is 0 Å². The van der Waals surface area contributed by atoms with Gasteiger partial charge in [-0.15, -0.1) is 0 Å². The van der Waals surface area contributed by atoms with Crippen LogP contribution in [0.3, 0.4) is 0 Å². The van der Waals surface area contributed by atoms with Gasteiger partial charge in [0.1, 0.15) is 0 Å². The summed E-state index contributed by atoms with van der Waals surface area (Å²) < 4.78 is 0. The van der Waals surface area contributed by atoms with Gasteiger partial charge in [0.2, 0.25) is 0 Å².